The van der Waals surface area contributed by atoms with Crippen LogP contribution in [0, 0.1) is 5.92 Å². The molecule has 1 aromatic heterocycles. The fourth-order valence-electron chi connectivity index (χ4n) is 2.84. The van der Waals surface area contributed by atoms with Crippen LogP contribution in [0.4, 0.5) is 5.13 Å². The number of anilines is 1. The molecule has 2 aliphatic heterocycles. The predicted octanol–water partition coefficient (Wildman–Crippen LogP) is 0.466. The van der Waals surface area contributed by atoms with Crippen LogP contribution in [-0.4, -0.2) is 40.8 Å². The van der Waals surface area contributed by atoms with Crippen molar-refractivity contribution in [2.45, 2.75) is 25.3 Å². The van der Waals surface area contributed by atoms with Crippen molar-refractivity contribution in [2.75, 3.05) is 18.8 Å². The van der Waals surface area contributed by atoms with Gasteiger partial charge >= 0.3 is 0 Å². The van der Waals surface area contributed by atoms with Gasteiger partial charge in [0.1, 0.15) is 5.69 Å². The molecule has 0 aliphatic carbocycles. The van der Waals surface area contributed by atoms with E-state index in [1.165, 1.54) is 11.3 Å². The smallest absolute Gasteiger partial charge is 0.273 e. The van der Waals surface area contributed by atoms with E-state index in [4.69, 9.17) is 5.73 Å². The molecular weight excluding hydrogens is 264 g/mol. The van der Waals surface area contributed by atoms with Gasteiger partial charge in [0.15, 0.2) is 5.13 Å². The van der Waals surface area contributed by atoms with Gasteiger partial charge in [0, 0.05) is 30.9 Å². The van der Waals surface area contributed by atoms with Gasteiger partial charge in [0.25, 0.3) is 5.91 Å². The third-order valence-corrected chi connectivity index (χ3v) is 4.52. The van der Waals surface area contributed by atoms with Gasteiger partial charge < -0.3 is 16.0 Å². The van der Waals surface area contributed by atoms with Crippen LogP contribution in [-0.2, 0) is 4.79 Å². The Morgan fingerprint density at radius 1 is 1.53 bits per heavy atom. The van der Waals surface area contributed by atoms with E-state index in [9.17, 15) is 9.59 Å². The quantitative estimate of drug-likeness (QED) is 0.782. The van der Waals surface area contributed by atoms with E-state index in [-0.39, 0.29) is 17.9 Å². The van der Waals surface area contributed by atoms with Crippen molar-refractivity contribution in [3.8, 4) is 0 Å². The van der Waals surface area contributed by atoms with Crippen LogP contribution in [0.3, 0.4) is 0 Å². The number of aromatic nitrogens is 1. The summed E-state index contributed by atoms with van der Waals surface area (Å²) in [5.74, 6) is 0.447. The van der Waals surface area contributed by atoms with E-state index in [2.05, 4.69) is 10.3 Å². The lowest BCUT2D eigenvalue weighted by Gasteiger charge is -2.41. The molecule has 7 heteroatoms. The third-order valence-electron chi connectivity index (χ3n) is 3.85. The molecule has 3 heterocycles. The van der Waals surface area contributed by atoms with E-state index in [0.717, 1.165) is 12.8 Å². The van der Waals surface area contributed by atoms with Crippen LogP contribution >= 0.6 is 11.3 Å². The Kier molecular flexibility index (Phi) is 3.14. The van der Waals surface area contributed by atoms with Crippen molar-refractivity contribution >= 4 is 28.3 Å². The number of thiazole rings is 1. The number of rotatable bonds is 1. The summed E-state index contributed by atoms with van der Waals surface area (Å²) < 4.78 is 0. The summed E-state index contributed by atoms with van der Waals surface area (Å²) >= 11 is 1.28. The minimum Gasteiger partial charge on any atom is -0.375 e. The Bertz CT molecular complexity index is 516. The maximum absolute atomic E-state index is 12.3. The van der Waals surface area contributed by atoms with Gasteiger partial charge in [-0.25, -0.2) is 4.98 Å². The normalized spacial score (nSPS) is 26.7. The minimum absolute atomic E-state index is 0.0525. The molecule has 19 heavy (non-hydrogen) atoms. The van der Waals surface area contributed by atoms with Gasteiger partial charge in [-0.05, 0) is 18.8 Å². The van der Waals surface area contributed by atoms with Gasteiger partial charge in [0.2, 0.25) is 5.91 Å². The van der Waals surface area contributed by atoms with Gasteiger partial charge in [-0.15, -0.1) is 11.3 Å². The molecule has 2 aliphatic rings. The molecule has 3 rings (SSSR count). The molecule has 2 amide bonds. The van der Waals surface area contributed by atoms with Gasteiger partial charge in [-0.1, -0.05) is 0 Å². The largest absolute Gasteiger partial charge is 0.375 e. The van der Waals surface area contributed by atoms with Gasteiger partial charge in [-0.2, -0.15) is 0 Å². The average Bonchev–Trinajstić information content (AvgIpc) is 2.84. The maximum atomic E-state index is 12.3. The molecule has 2 saturated heterocycles. The Balaban J connectivity index is 1.68. The van der Waals surface area contributed by atoms with E-state index in [1.807, 2.05) is 4.90 Å². The first-order valence-electron chi connectivity index (χ1n) is 6.43. The summed E-state index contributed by atoms with van der Waals surface area (Å²) in [6.07, 6.45) is 2.24. The summed E-state index contributed by atoms with van der Waals surface area (Å²) in [7, 11) is 0. The number of piperidine rings is 2. The minimum atomic E-state index is -0.0525. The lowest BCUT2D eigenvalue weighted by atomic mass is 9.85. The number of carbonyl (C=O) groups excluding carboxylic acids is 2. The van der Waals surface area contributed by atoms with E-state index in [1.54, 1.807) is 5.38 Å². The molecule has 0 spiro atoms. The number of nitrogens with zero attached hydrogens (tertiary/aromatic N) is 2. The van der Waals surface area contributed by atoms with Crippen LogP contribution in [0.15, 0.2) is 5.38 Å². The Morgan fingerprint density at radius 2 is 2.37 bits per heavy atom. The van der Waals surface area contributed by atoms with Crippen molar-refractivity contribution in [1.82, 2.24) is 15.2 Å². The topological polar surface area (TPSA) is 88.3 Å². The zero-order chi connectivity index (χ0) is 13.4. The molecule has 1 aromatic rings. The van der Waals surface area contributed by atoms with Crippen LogP contribution in [0.5, 0.6) is 0 Å². The Labute approximate surface area is 115 Å². The first-order chi connectivity index (χ1) is 9.13. The van der Waals surface area contributed by atoms with Crippen LogP contribution in [0.25, 0.3) is 0 Å². The van der Waals surface area contributed by atoms with Crippen molar-refractivity contribution in [3.63, 3.8) is 0 Å². The lowest BCUT2D eigenvalue weighted by molar-refractivity contribution is -0.125. The summed E-state index contributed by atoms with van der Waals surface area (Å²) in [6.45, 7) is 1.36. The lowest BCUT2D eigenvalue weighted by Crippen LogP contribution is -2.55. The summed E-state index contributed by atoms with van der Waals surface area (Å²) in [4.78, 5) is 29.5. The Morgan fingerprint density at radius 3 is 3.11 bits per heavy atom. The molecule has 0 radical (unpaired) electrons. The number of hydrogen-bond acceptors (Lipinski definition) is 5. The van der Waals surface area contributed by atoms with Crippen molar-refractivity contribution in [1.29, 1.82) is 0 Å². The number of nitrogens with one attached hydrogen (secondary N) is 1. The van der Waals surface area contributed by atoms with Crippen LogP contribution in [0.2, 0.25) is 0 Å². The summed E-state index contributed by atoms with van der Waals surface area (Å²) in [6, 6.07) is 0.228. The van der Waals surface area contributed by atoms with E-state index in [0.29, 0.717) is 36.3 Å². The predicted molar refractivity (Wildman–Crippen MR) is 71.7 cm³/mol. The number of fused-ring (bicyclic) bond motifs is 1. The molecule has 0 aromatic carbocycles. The Hall–Kier alpha value is -1.63. The van der Waals surface area contributed by atoms with Crippen molar-refractivity contribution in [3.05, 3.63) is 11.1 Å². The average molecular weight is 280 g/mol. The molecule has 2 unspecified atom stereocenters. The fourth-order valence-corrected chi connectivity index (χ4v) is 3.38. The second-order valence-corrected chi connectivity index (χ2v) is 5.97. The molecular formula is C12H16N4O2S. The van der Waals surface area contributed by atoms with E-state index >= 15 is 0 Å². The van der Waals surface area contributed by atoms with Gasteiger partial charge in [-0.3, -0.25) is 9.59 Å². The van der Waals surface area contributed by atoms with Crippen molar-refractivity contribution in [2.24, 2.45) is 5.92 Å². The third kappa shape index (κ3) is 2.42. The number of hydrogen-bond donors (Lipinski definition) is 2. The summed E-state index contributed by atoms with van der Waals surface area (Å²) in [5, 5.41) is 5.13. The van der Waals surface area contributed by atoms with Crippen molar-refractivity contribution < 1.29 is 9.59 Å². The molecule has 3 N–H and O–H groups in total. The van der Waals surface area contributed by atoms with Crippen LogP contribution < -0.4 is 11.1 Å². The zero-order valence-electron chi connectivity index (χ0n) is 10.5. The number of likely N-dealkylation sites (tertiary alicyclic amines) is 1. The standard InChI is InChI=1S/C12H16N4O2S/c13-12-15-9(6-19-12)11(18)16-4-3-8-7(5-16)1-2-10(17)14-8/h6-8H,1-5H2,(H2,13,15)(H,14,17). The monoisotopic (exact) mass is 280 g/mol. The molecule has 2 atom stereocenters. The SMILES string of the molecule is Nc1nc(C(=O)N2CCC3NC(=O)CCC3C2)cs1. The van der Waals surface area contributed by atoms with E-state index < -0.39 is 0 Å². The number of amides is 2. The second-order valence-electron chi connectivity index (χ2n) is 5.08. The highest BCUT2D eigenvalue weighted by Crippen LogP contribution is 2.26. The number of carbonyl (C=O) groups is 2. The molecule has 102 valence electrons. The first-order valence-corrected chi connectivity index (χ1v) is 7.31. The first kappa shape index (κ1) is 12.4. The number of nitrogens with two attached hydrogens (primary N) is 1. The highest BCUT2D eigenvalue weighted by atomic mass is 32.1. The van der Waals surface area contributed by atoms with Crippen LogP contribution in [0.1, 0.15) is 29.8 Å². The molecule has 2 fully saturated rings. The molecule has 0 saturated carbocycles. The molecule has 0 bridgehead atoms. The summed E-state index contributed by atoms with van der Waals surface area (Å²) in [5.41, 5.74) is 5.99. The highest BCUT2D eigenvalue weighted by Gasteiger charge is 2.35. The second kappa shape index (κ2) is 4.80. The fraction of sp³-hybridized carbons (Fsp3) is 0.583. The highest BCUT2D eigenvalue weighted by molar-refractivity contribution is 7.13. The number of nitrogen functional groups attached to an aromatic ring is 1. The zero-order valence-corrected chi connectivity index (χ0v) is 11.3. The molecule has 6 nitrogen and oxygen atoms in total. The van der Waals surface area contributed by atoms with Gasteiger partial charge in [0.05, 0.1) is 0 Å². The maximum Gasteiger partial charge on any atom is 0.273 e.